The highest BCUT2D eigenvalue weighted by atomic mass is 16.5. The van der Waals surface area contributed by atoms with Crippen LogP contribution in [-0.2, 0) is 4.74 Å². The number of carbonyl (C=O) groups is 1. The molecule has 0 bridgehead atoms. The molecular weight excluding hydrogens is 292 g/mol. The molecule has 0 spiro atoms. The fraction of sp³-hybridized carbons (Fsp3) is 0.667. The number of amides is 1. The van der Waals surface area contributed by atoms with E-state index < -0.39 is 0 Å². The second-order valence-electron chi connectivity index (χ2n) is 7.45. The third kappa shape index (κ3) is 2.71. The first-order valence-electron chi connectivity index (χ1n) is 8.35. The van der Waals surface area contributed by atoms with Crippen molar-refractivity contribution in [2.45, 2.75) is 52.4 Å². The molecular formula is C18H26N2O3. The van der Waals surface area contributed by atoms with E-state index in [0.29, 0.717) is 17.5 Å². The lowest BCUT2D eigenvalue weighted by atomic mass is 9.57. The number of hydrogen-bond acceptors (Lipinski definition) is 4. The van der Waals surface area contributed by atoms with E-state index in [9.17, 15) is 4.79 Å². The van der Waals surface area contributed by atoms with Crippen LogP contribution < -0.4 is 4.74 Å². The molecule has 23 heavy (non-hydrogen) atoms. The van der Waals surface area contributed by atoms with Crippen molar-refractivity contribution in [3.05, 3.63) is 23.9 Å². The molecule has 1 amide bonds. The topological polar surface area (TPSA) is 51.7 Å². The van der Waals surface area contributed by atoms with Gasteiger partial charge in [0.25, 0.3) is 5.91 Å². The van der Waals surface area contributed by atoms with Crippen molar-refractivity contribution in [2.75, 3.05) is 13.7 Å². The van der Waals surface area contributed by atoms with Crippen LogP contribution in [-0.4, -0.2) is 47.7 Å². The second kappa shape index (κ2) is 5.78. The fourth-order valence-corrected chi connectivity index (χ4v) is 4.23. The average molecular weight is 318 g/mol. The first kappa shape index (κ1) is 16.2. The van der Waals surface area contributed by atoms with E-state index in [-0.39, 0.29) is 29.6 Å². The summed E-state index contributed by atoms with van der Waals surface area (Å²) in [5.74, 6) is 0.880. The third-order valence-electron chi connectivity index (χ3n) is 5.08. The highest BCUT2D eigenvalue weighted by Crippen LogP contribution is 2.54. The molecule has 0 N–H and O–H groups in total. The summed E-state index contributed by atoms with van der Waals surface area (Å²) >= 11 is 0. The smallest absolute Gasteiger partial charge is 0.272 e. The zero-order valence-electron chi connectivity index (χ0n) is 14.6. The molecule has 1 aromatic heterocycles. The van der Waals surface area contributed by atoms with Gasteiger partial charge in [-0.05, 0) is 26.3 Å². The zero-order valence-corrected chi connectivity index (χ0v) is 14.6. The van der Waals surface area contributed by atoms with Gasteiger partial charge in [-0.3, -0.25) is 4.79 Å². The number of fused-ring (bicyclic) bond motifs is 1. The van der Waals surface area contributed by atoms with Gasteiger partial charge in [0.05, 0.1) is 12.2 Å². The van der Waals surface area contributed by atoms with Gasteiger partial charge in [-0.2, -0.15) is 0 Å². The Morgan fingerprint density at radius 3 is 2.87 bits per heavy atom. The Hall–Kier alpha value is -1.62. The van der Waals surface area contributed by atoms with E-state index in [1.54, 1.807) is 12.1 Å². The van der Waals surface area contributed by atoms with E-state index in [1.165, 1.54) is 0 Å². The Morgan fingerprint density at radius 2 is 2.17 bits per heavy atom. The summed E-state index contributed by atoms with van der Waals surface area (Å²) in [6.45, 7) is 9.05. The lowest BCUT2D eigenvalue weighted by molar-refractivity contribution is -0.139. The van der Waals surface area contributed by atoms with Crippen molar-refractivity contribution in [3.8, 4) is 5.88 Å². The highest BCUT2D eigenvalue weighted by molar-refractivity contribution is 5.92. The maximum atomic E-state index is 12.9. The Kier molecular flexibility index (Phi) is 4.08. The van der Waals surface area contributed by atoms with Crippen molar-refractivity contribution in [1.29, 1.82) is 0 Å². The molecule has 1 saturated heterocycles. The van der Waals surface area contributed by atoms with Crippen LogP contribution in [0.15, 0.2) is 18.2 Å². The Labute approximate surface area is 138 Å². The number of hydrogen-bond donors (Lipinski definition) is 0. The molecule has 5 heteroatoms. The molecule has 5 nitrogen and oxygen atoms in total. The Balaban J connectivity index is 1.78. The molecule has 2 fully saturated rings. The van der Waals surface area contributed by atoms with Gasteiger partial charge in [-0.1, -0.05) is 19.9 Å². The first-order chi connectivity index (χ1) is 10.8. The van der Waals surface area contributed by atoms with E-state index in [0.717, 1.165) is 13.0 Å². The Bertz CT molecular complexity index is 600. The summed E-state index contributed by atoms with van der Waals surface area (Å²) in [5, 5.41) is 0. The van der Waals surface area contributed by atoms with Crippen LogP contribution in [0.4, 0.5) is 0 Å². The molecule has 0 aromatic carbocycles. The lowest BCUT2D eigenvalue weighted by Crippen LogP contribution is -2.66. The summed E-state index contributed by atoms with van der Waals surface area (Å²) in [7, 11) is 1.88. The van der Waals surface area contributed by atoms with Gasteiger partial charge < -0.3 is 14.4 Å². The minimum atomic E-state index is -0.0531. The number of nitrogens with zero attached hydrogens (tertiary/aromatic N) is 2. The third-order valence-corrected chi connectivity index (χ3v) is 5.08. The van der Waals surface area contributed by atoms with Crippen molar-refractivity contribution in [3.63, 3.8) is 0 Å². The monoisotopic (exact) mass is 318 g/mol. The number of aromatic nitrogens is 1. The molecule has 0 unspecified atom stereocenters. The van der Waals surface area contributed by atoms with Gasteiger partial charge in [0.1, 0.15) is 5.69 Å². The molecule has 0 radical (unpaired) electrons. The van der Waals surface area contributed by atoms with Crippen molar-refractivity contribution < 1.29 is 14.3 Å². The second-order valence-corrected chi connectivity index (χ2v) is 7.45. The van der Waals surface area contributed by atoms with Crippen LogP contribution in [0.25, 0.3) is 0 Å². The minimum Gasteiger partial charge on any atom is -0.475 e. The summed E-state index contributed by atoms with van der Waals surface area (Å²) in [6.07, 6.45) is 1.33. The summed E-state index contributed by atoms with van der Waals surface area (Å²) in [6, 6.07) is 5.55. The standard InChI is InChI=1S/C18H26N2O3/c1-11(2)23-14-8-6-7-13(19-14)17(21)20(5)15-12-9-10-22-16(12)18(15,3)4/h6-8,11-12,15-16H,9-10H2,1-5H3/t12-,15+,16+/m0/s1. The zero-order chi connectivity index (χ0) is 16.8. The average Bonchev–Trinajstić information content (AvgIpc) is 2.92. The van der Waals surface area contributed by atoms with Gasteiger partial charge in [0, 0.05) is 37.1 Å². The number of pyridine rings is 1. The molecule has 3 atom stereocenters. The van der Waals surface area contributed by atoms with Crippen LogP contribution in [0.2, 0.25) is 0 Å². The lowest BCUT2D eigenvalue weighted by Gasteiger charge is -2.57. The molecule has 2 aliphatic rings. The maximum Gasteiger partial charge on any atom is 0.272 e. The van der Waals surface area contributed by atoms with Crippen molar-refractivity contribution >= 4 is 5.91 Å². The van der Waals surface area contributed by atoms with E-state index >= 15 is 0 Å². The SMILES string of the molecule is CC(C)Oc1cccc(C(=O)N(C)[C@@H]2[C@@H]3CCO[C@H]3C2(C)C)n1. The summed E-state index contributed by atoms with van der Waals surface area (Å²) in [5.41, 5.74) is 0.418. The fourth-order valence-electron chi connectivity index (χ4n) is 4.23. The van der Waals surface area contributed by atoms with Gasteiger partial charge in [0.15, 0.2) is 0 Å². The van der Waals surface area contributed by atoms with Gasteiger partial charge in [0.2, 0.25) is 5.88 Å². The summed E-state index contributed by atoms with van der Waals surface area (Å²) < 4.78 is 11.4. The molecule has 1 aliphatic carbocycles. The highest BCUT2D eigenvalue weighted by Gasteiger charge is 2.61. The van der Waals surface area contributed by atoms with Crippen LogP contribution in [0, 0.1) is 11.3 Å². The van der Waals surface area contributed by atoms with E-state index in [1.807, 2.05) is 31.9 Å². The van der Waals surface area contributed by atoms with Gasteiger partial charge >= 0.3 is 0 Å². The predicted molar refractivity (Wildman–Crippen MR) is 87.5 cm³/mol. The van der Waals surface area contributed by atoms with Gasteiger partial charge in [-0.25, -0.2) is 4.98 Å². The Morgan fingerprint density at radius 1 is 1.43 bits per heavy atom. The molecule has 2 heterocycles. The number of rotatable bonds is 4. The largest absolute Gasteiger partial charge is 0.475 e. The molecule has 1 aliphatic heterocycles. The van der Waals surface area contributed by atoms with Crippen LogP contribution in [0.3, 0.4) is 0 Å². The van der Waals surface area contributed by atoms with Crippen LogP contribution in [0.5, 0.6) is 5.88 Å². The molecule has 126 valence electrons. The first-order valence-corrected chi connectivity index (χ1v) is 8.35. The van der Waals surface area contributed by atoms with Crippen LogP contribution >= 0.6 is 0 Å². The molecule has 1 saturated carbocycles. The number of carbonyl (C=O) groups excluding carboxylic acids is 1. The normalized spacial score (nSPS) is 28.2. The quantitative estimate of drug-likeness (QED) is 0.856. The van der Waals surface area contributed by atoms with Gasteiger partial charge in [-0.15, -0.1) is 0 Å². The maximum absolute atomic E-state index is 12.9. The van der Waals surface area contributed by atoms with E-state index in [4.69, 9.17) is 9.47 Å². The van der Waals surface area contributed by atoms with Crippen molar-refractivity contribution in [2.24, 2.45) is 11.3 Å². The minimum absolute atomic E-state index is 0.0163. The molecule has 3 rings (SSSR count). The number of ether oxygens (including phenoxy) is 2. The summed E-state index contributed by atoms with van der Waals surface area (Å²) in [4.78, 5) is 19.1. The predicted octanol–water partition coefficient (Wildman–Crippen LogP) is 2.75. The molecule has 1 aromatic rings. The van der Waals surface area contributed by atoms with E-state index in [2.05, 4.69) is 18.8 Å². The van der Waals surface area contributed by atoms with Crippen LogP contribution in [0.1, 0.15) is 44.6 Å². The van der Waals surface area contributed by atoms with Crippen molar-refractivity contribution in [1.82, 2.24) is 9.88 Å².